The van der Waals surface area contributed by atoms with Crippen LogP contribution in [-0.2, 0) is 4.74 Å². The van der Waals surface area contributed by atoms with Crippen LogP contribution in [0.3, 0.4) is 0 Å². The molecule has 0 bridgehead atoms. The predicted octanol–water partition coefficient (Wildman–Crippen LogP) is 1.49. The van der Waals surface area contributed by atoms with E-state index in [4.69, 9.17) is 4.74 Å². The molecule has 16 heavy (non-hydrogen) atoms. The van der Waals surface area contributed by atoms with Gasteiger partial charge in [-0.05, 0) is 45.2 Å². The molecule has 0 spiro atoms. The van der Waals surface area contributed by atoms with E-state index in [0.29, 0.717) is 17.6 Å². The number of ether oxygens (including phenoxy) is 1. The monoisotopic (exact) mass is 226 g/mol. The molecule has 3 unspecified atom stereocenters. The van der Waals surface area contributed by atoms with Crippen LogP contribution in [-0.4, -0.2) is 50.3 Å². The van der Waals surface area contributed by atoms with Crippen LogP contribution in [0.2, 0.25) is 0 Å². The highest BCUT2D eigenvalue weighted by molar-refractivity contribution is 4.89. The number of hydrogen-bond acceptors (Lipinski definition) is 3. The van der Waals surface area contributed by atoms with Crippen LogP contribution in [0.5, 0.6) is 0 Å². The maximum atomic E-state index is 5.89. The van der Waals surface area contributed by atoms with Crippen LogP contribution in [0, 0.1) is 5.41 Å². The second kappa shape index (κ2) is 5.03. The van der Waals surface area contributed by atoms with E-state index in [-0.39, 0.29) is 0 Å². The number of hydrogen-bond donors (Lipinski definition) is 1. The average Bonchev–Trinajstić information content (AvgIpc) is 2.75. The maximum Gasteiger partial charge on any atom is 0.0706 e. The van der Waals surface area contributed by atoms with E-state index < -0.39 is 0 Å². The van der Waals surface area contributed by atoms with Crippen LogP contribution in [0.25, 0.3) is 0 Å². The van der Waals surface area contributed by atoms with Gasteiger partial charge in [0.1, 0.15) is 0 Å². The van der Waals surface area contributed by atoms with Crippen molar-refractivity contribution in [3.8, 4) is 0 Å². The van der Waals surface area contributed by atoms with Crippen molar-refractivity contribution in [3.63, 3.8) is 0 Å². The summed E-state index contributed by atoms with van der Waals surface area (Å²) in [6.07, 6.45) is 4.78. The first-order valence-electron chi connectivity index (χ1n) is 6.64. The molecule has 0 aromatic heterocycles. The highest BCUT2D eigenvalue weighted by Gasteiger charge is 2.35. The minimum Gasteiger partial charge on any atom is -0.374 e. The lowest BCUT2D eigenvalue weighted by molar-refractivity contribution is 0.0342. The van der Waals surface area contributed by atoms with E-state index in [1.807, 2.05) is 0 Å². The van der Waals surface area contributed by atoms with E-state index in [1.54, 1.807) is 0 Å². The predicted molar refractivity (Wildman–Crippen MR) is 66.7 cm³/mol. The van der Waals surface area contributed by atoms with Crippen LogP contribution >= 0.6 is 0 Å². The van der Waals surface area contributed by atoms with Crippen molar-refractivity contribution in [2.75, 3.05) is 33.2 Å². The summed E-state index contributed by atoms with van der Waals surface area (Å²) in [5, 5.41) is 3.31. The Morgan fingerprint density at radius 2 is 2.25 bits per heavy atom. The second-order valence-corrected chi connectivity index (χ2v) is 5.97. The van der Waals surface area contributed by atoms with E-state index in [2.05, 4.69) is 31.1 Å². The Morgan fingerprint density at radius 1 is 1.44 bits per heavy atom. The Bertz CT molecular complexity index is 234. The Balaban J connectivity index is 1.76. The molecule has 3 atom stereocenters. The zero-order chi connectivity index (χ0) is 11.6. The molecule has 2 saturated heterocycles. The summed E-state index contributed by atoms with van der Waals surface area (Å²) in [5.74, 6) is 0. The van der Waals surface area contributed by atoms with Crippen molar-refractivity contribution in [1.29, 1.82) is 0 Å². The highest BCUT2D eigenvalue weighted by atomic mass is 16.5. The van der Waals surface area contributed by atoms with Gasteiger partial charge < -0.3 is 15.0 Å². The van der Waals surface area contributed by atoms with E-state index in [0.717, 1.165) is 13.1 Å². The summed E-state index contributed by atoms with van der Waals surface area (Å²) in [7, 11) is 2.05. The fraction of sp³-hybridized carbons (Fsp3) is 1.00. The molecule has 3 nitrogen and oxygen atoms in total. The molecule has 0 aromatic rings. The molecule has 1 N–H and O–H groups in total. The van der Waals surface area contributed by atoms with Crippen molar-refractivity contribution in [3.05, 3.63) is 0 Å². The molecule has 2 heterocycles. The van der Waals surface area contributed by atoms with Crippen LogP contribution in [0.4, 0.5) is 0 Å². The summed E-state index contributed by atoms with van der Waals surface area (Å²) in [6, 6.07) is 0. The molecule has 0 saturated carbocycles. The van der Waals surface area contributed by atoms with Crippen molar-refractivity contribution in [2.24, 2.45) is 5.41 Å². The van der Waals surface area contributed by atoms with Crippen molar-refractivity contribution < 1.29 is 4.74 Å². The number of likely N-dealkylation sites (tertiary alicyclic amines) is 1. The van der Waals surface area contributed by atoms with Gasteiger partial charge in [0, 0.05) is 19.6 Å². The minimum atomic E-state index is 0.471. The van der Waals surface area contributed by atoms with Crippen LogP contribution in [0.1, 0.15) is 33.1 Å². The SMILES string of the molecule is CNCC1(C)CCN(CC2CCC(C)O2)C1. The largest absolute Gasteiger partial charge is 0.374 e. The first-order chi connectivity index (χ1) is 7.61. The fourth-order valence-corrected chi connectivity index (χ4v) is 3.16. The highest BCUT2D eigenvalue weighted by Crippen LogP contribution is 2.30. The van der Waals surface area contributed by atoms with Crippen molar-refractivity contribution >= 4 is 0 Å². The normalized spacial score (nSPS) is 40.7. The van der Waals surface area contributed by atoms with Gasteiger partial charge in [-0.15, -0.1) is 0 Å². The molecule has 3 heteroatoms. The number of nitrogens with one attached hydrogen (secondary N) is 1. The third-order valence-electron chi connectivity index (χ3n) is 4.02. The zero-order valence-electron chi connectivity index (χ0n) is 11.0. The van der Waals surface area contributed by atoms with Gasteiger partial charge in [0.15, 0.2) is 0 Å². The first-order valence-corrected chi connectivity index (χ1v) is 6.64. The third kappa shape index (κ3) is 2.96. The third-order valence-corrected chi connectivity index (χ3v) is 4.02. The van der Waals surface area contributed by atoms with E-state index >= 15 is 0 Å². The molecule has 0 amide bonds. The van der Waals surface area contributed by atoms with Gasteiger partial charge >= 0.3 is 0 Å². The summed E-state index contributed by atoms with van der Waals surface area (Å²) in [4.78, 5) is 2.58. The van der Waals surface area contributed by atoms with Gasteiger partial charge in [-0.25, -0.2) is 0 Å². The zero-order valence-corrected chi connectivity index (χ0v) is 11.0. The van der Waals surface area contributed by atoms with E-state index in [9.17, 15) is 0 Å². The molecular formula is C13H26N2O. The topological polar surface area (TPSA) is 24.5 Å². The summed E-state index contributed by atoms with van der Waals surface area (Å²) >= 11 is 0. The molecule has 2 rings (SSSR count). The number of nitrogens with zero attached hydrogens (tertiary/aromatic N) is 1. The summed E-state index contributed by atoms with van der Waals surface area (Å²) in [6.45, 7) is 9.32. The van der Waals surface area contributed by atoms with Gasteiger partial charge in [0.05, 0.1) is 12.2 Å². The van der Waals surface area contributed by atoms with Gasteiger partial charge in [0.2, 0.25) is 0 Å². The minimum absolute atomic E-state index is 0.471. The first kappa shape index (κ1) is 12.3. The molecule has 0 radical (unpaired) electrons. The van der Waals surface area contributed by atoms with Crippen molar-refractivity contribution in [2.45, 2.75) is 45.3 Å². The Labute approximate surface area is 99.5 Å². The Hall–Kier alpha value is -0.120. The van der Waals surface area contributed by atoms with Gasteiger partial charge in [-0.1, -0.05) is 6.92 Å². The quantitative estimate of drug-likeness (QED) is 0.786. The second-order valence-electron chi connectivity index (χ2n) is 5.97. The van der Waals surface area contributed by atoms with Gasteiger partial charge in [-0.2, -0.15) is 0 Å². The smallest absolute Gasteiger partial charge is 0.0706 e. The molecule has 2 aliphatic rings. The molecular weight excluding hydrogens is 200 g/mol. The number of rotatable bonds is 4. The maximum absolute atomic E-state index is 5.89. The lowest BCUT2D eigenvalue weighted by atomic mass is 9.90. The summed E-state index contributed by atoms with van der Waals surface area (Å²) < 4.78 is 5.89. The van der Waals surface area contributed by atoms with E-state index in [1.165, 1.54) is 32.4 Å². The Morgan fingerprint density at radius 3 is 2.88 bits per heavy atom. The standard InChI is InChI=1S/C13H26N2O/c1-11-4-5-12(16-11)8-15-7-6-13(2,10-15)9-14-3/h11-12,14H,4-10H2,1-3H3. The van der Waals surface area contributed by atoms with Gasteiger partial charge in [0.25, 0.3) is 0 Å². The molecule has 2 fully saturated rings. The van der Waals surface area contributed by atoms with Crippen molar-refractivity contribution in [1.82, 2.24) is 10.2 Å². The average molecular weight is 226 g/mol. The summed E-state index contributed by atoms with van der Waals surface area (Å²) in [5.41, 5.74) is 0.471. The molecule has 2 aliphatic heterocycles. The fourth-order valence-electron chi connectivity index (χ4n) is 3.16. The Kier molecular flexibility index (Phi) is 3.88. The lowest BCUT2D eigenvalue weighted by Gasteiger charge is -2.25. The molecule has 0 aromatic carbocycles. The van der Waals surface area contributed by atoms with Crippen LogP contribution in [0.15, 0.2) is 0 Å². The molecule has 94 valence electrons. The van der Waals surface area contributed by atoms with Crippen LogP contribution < -0.4 is 5.32 Å². The van der Waals surface area contributed by atoms with Gasteiger partial charge in [-0.3, -0.25) is 0 Å². The lowest BCUT2D eigenvalue weighted by Crippen LogP contribution is -2.36. The molecule has 0 aliphatic carbocycles.